The predicted molar refractivity (Wildman–Crippen MR) is 102 cm³/mol. The minimum absolute atomic E-state index is 0.0549. The van der Waals surface area contributed by atoms with E-state index in [1.54, 1.807) is 18.2 Å². The normalized spacial score (nSPS) is 23.3. The highest BCUT2D eigenvalue weighted by molar-refractivity contribution is 5.62. The van der Waals surface area contributed by atoms with Crippen LogP contribution in [0.15, 0.2) is 54.6 Å². The fourth-order valence-corrected chi connectivity index (χ4v) is 4.08. The molecule has 5 nitrogen and oxygen atoms in total. The molecule has 2 aromatic rings. The van der Waals surface area contributed by atoms with E-state index in [2.05, 4.69) is 29.6 Å². The summed E-state index contributed by atoms with van der Waals surface area (Å²) in [4.78, 5) is 10.8. The van der Waals surface area contributed by atoms with E-state index in [1.165, 1.54) is 5.56 Å². The lowest BCUT2D eigenvalue weighted by molar-refractivity contribution is -0.384. The average Bonchev–Trinajstić information content (AvgIpc) is 3.11. The molecule has 0 radical (unpaired) electrons. The molecular weight excluding hydrogens is 328 g/mol. The van der Waals surface area contributed by atoms with Crippen LogP contribution in [0, 0.1) is 16.0 Å². The number of hydrogen-bond acceptors (Lipinski definition) is 4. The van der Waals surface area contributed by atoms with Gasteiger partial charge in [-0.1, -0.05) is 24.3 Å². The molecule has 1 aliphatic carbocycles. The molecule has 134 valence electrons. The van der Waals surface area contributed by atoms with E-state index in [9.17, 15) is 10.1 Å². The molecule has 2 aromatic carbocycles. The molecule has 2 aliphatic rings. The Labute approximate surface area is 152 Å². The number of rotatable bonds is 4. The van der Waals surface area contributed by atoms with Gasteiger partial charge in [0.2, 0.25) is 0 Å². The Bertz CT molecular complexity index is 875. The molecule has 3 atom stereocenters. The molecule has 26 heavy (non-hydrogen) atoms. The van der Waals surface area contributed by atoms with Crippen molar-refractivity contribution in [1.29, 1.82) is 0 Å². The van der Waals surface area contributed by atoms with E-state index >= 15 is 0 Å². The fourth-order valence-electron chi connectivity index (χ4n) is 4.08. The van der Waals surface area contributed by atoms with Crippen molar-refractivity contribution in [2.75, 3.05) is 5.32 Å². The number of anilines is 1. The molecule has 4 rings (SSSR count). The van der Waals surface area contributed by atoms with Crippen molar-refractivity contribution < 1.29 is 9.66 Å². The van der Waals surface area contributed by atoms with E-state index in [0.29, 0.717) is 11.8 Å². The smallest absolute Gasteiger partial charge is 0.269 e. The van der Waals surface area contributed by atoms with Gasteiger partial charge in [0.15, 0.2) is 0 Å². The number of nitro benzene ring substituents is 1. The van der Waals surface area contributed by atoms with Gasteiger partial charge < -0.3 is 10.1 Å². The molecular formula is C21H22N2O3. The number of allylic oxidation sites excluding steroid dienone is 2. The number of nitro groups is 1. The Kier molecular flexibility index (Phi) is 4.15. The number of hydrogen-bond donors (Lipinski definition) is 1. The number of non-ortho nitro benzene ring substituents is 1. The first-order valence-corrected chi connectivity index (χ1v) is 9.01. The van der Waals surface area contributed by atoms with Crippen molar-refractivity contribution in [2.45, 2.75) is 38.3 Å². The molecule has 0 bridgehead atoms. The summed E-state index contributed by atoms with van der Waals surface area (Å²) in [6, 6.07) is 13.2. The van der Waals surface area contributed by atoms with Gasteiger partial charge in [0.25, 0.3) is 5.69 Å². The summed E-state index contributed by atoms with van der Waals surface area (Å²) in [5, 5.41) is 14.8. The quantitative estimate of drug-likeness (QED) is 0.467. The molecule has 0 aromatic heterocycles. The molecule has 0 saturated carbocycles. The Morgan fingerprint density at radius 1 is 1.23 bits per heavy atom. The third-order valence-corrected chi connectivity index (χ3v) is 5.15. The summed E-state index contributed by atoms with van der Waals surface area (Å²) in [5.41, 5.74) is 3.42. The van der Waals surface area contributed by atoms with Gasteiger partial charge in [-0.25, -0.2) is 0 Å². The highest BCUT2D eigenvalue weighted by atomic mass is 16.6. The summed E-state index contributed by atoms with van der Waals surface area (Å²) in [5.74, 6) is 1.53. The minimum atomic E-state index is -0.333. The molecule has 0 fully saturated rings. The third kappa shape index (κ3) is 2.94. The van der Waals surface area contributed by atoms with Crippen molar-refractivity contribution in [2.24, 2.45) is 5.92 Å². The van der Waals surface area contributed by atoms with E-state index in [0.717, 1.165) is 23.4 Å². The monoisotopic (exact) mass is 350 g/mol. The average molecular weight is 350 g/mol. The van der Waals surface area contributed by atoms with Crippen LogP contribution >= 0.6 is 0 Å². The second-order valence-corrected chi connectivity index (χ2v) is 7.24. The van der Waals surface area contributed by atoms with Crippen LogP contribution in [0.3, 0.4) is 0 Å². The van der Waals surface area contributed by atoms with Gasteiger partial charge in [0.1, 0.15) is 5.75 Å². The summed E-state index contributed by atoms with van der Waals surface area (Å²) in [7, 11) is 0. The first-order chi connectivity index (χ1) is 12.5. The lowest BCUT2D eigenvalue weighted by Crippen LogP contribution is -2.29. The van der Waals surface area contributed by atoms with E-state index in [1.807, 2.05) is 26.0 Å². The van der Waals surface area contributed by atoms with Crippen LogP contribution < -0.4 is 10.1 Å². The summed E-state index contributed by atoms with van der Waals surface area (Å²) < 4.78 is 5.86. The maximum Gasteiger partial charge on any atom is 0.269 e. The number of nitrogens with one attached hydrogen (secondary N) is 1. The summed E-state index contributed by atoms with van der Waals surface area (Å²) in [6.07, 6.45) is 5.57. The second-order valence-electron chi connectivity index (χ2n) is 7.24. The maximum absolute atomic E-state index is 11.1. The number of nitrogens with zero attached hydrogens (tertiary/aromatic N) is 1. The predicted octanol–water partition coefficient (Wildman–Crippen LogP) is 5.21. The van der Waals surface area contributed by atoms with Gasteiger partial charge in [-0.3, -0.25) is 10.1 Å². The molecule has 1 aliphatic heterocycles. The molecule has 0 amide bonds. The summed E-state index contributed by atoms with van der Waals surface area (Å²) >= 11 is 0. The Morgan fingerprint density at radius 3 is 2.85 bits per heavy atom. The second kappa shape index (κ2) is 6.48. The molecule has 0 saturated heterocycles. The van der Waals surface area contributed by atoms with E-state index in [-0.39, 0.29) is 22.8 Å². The van der Waals surface area contributed by atoms with Crippen LogP contribution in [0.5, 0.6) is 5.75 Å². The lowest BCUT2D eigenvalue weighted by Gasteiger charge is -2.37. The van der Waals surface area contributed by atoms with Crippen molar-refractivity contribution in [3.8, 4) is 5.75 Å². The van der Waals surface area contributed by atoms with Crippen LogP contribution in [-0.2, 0) is 0 Å². The molecule has 5 heteroatoms. The van der Waals surface area contributed by atoms with Gasteiger partial charge in [-0.2, -0.15) is 0 Å². The Hall–Kier alpha value is -2.82. The van der Waals surface area contributed by atoms with Crippen LogP contribution in [0.1, 0.15) is 43.4 Å². The standard InChI is InChI=1S/C21H22N2O3/c1-13(2)26-16-9-10-20-19(12-16)17-7-4-8-18(17)21(22-20)14-5-3-6-15(11-14)23(24)25/h3-7,9-13,17-18,21-22H,8H2,1-2H3. The lowest BCUT2D eigenvalue weighted by atomic mass is 9.77. The first kappa shape index (κ1) is 16.6. The van der Waals surface area contributed by atoms with Gasteiger partial charge >= 0.3 is 0 Å². The molecule has 1 N–H and O–H groups in total. The van der Waals surface area contributed by atoms with Gasteiger partial charge in [-0.15, -0.1) is 0 Å². The van der Waals surface area contributed by atoms with Gasteiger partial charge in [0.05, 0.1) is 17.1 Å². The molecule has 1 heterocycles. The third-order valence-electron chi connectivity index (χ3n) is 5.15. The topological polar surface area (TPSA) is 64.4 Å². The van der Waals surface area contributed by atoms with Gasteiger partial charge in [0, 0.05) is 23.7 Å². The number of fused-ring (bicyclic) bond motifs is 3. The van der Waals surface area contributed by atoms with Gasteiger partial charge in [-0.05, 0) is 55.5 Å². The fraction of sp³-hybridized carbons (Fsp3) is 0.333. The molecule has 3 unspecified atom stereocenters. The SMILES string of the molecule is CC(C)Oc1ccc2c(c1)C1C=CCC1C(c1cccc([N+](=O)[O-])c1)N2. The van der Waals surface area contributed by atoms with Crippen LogP contribution in [0.4, 0.5) is 11.4 Å². The zero-order chi connectivity index (χ0) is 18.3. The Morgan fingerprint density at radius 2 is 2.08 bits per heavy atom. The maximum atomic E-state index is 11.1. The van der Waals surface area contributed by atoms with Crippen LogP contribution in [0.25, 0.3) is 0 Å². The van der Waals surface area contributed by atoms with Crippen molar-refractivity contribution >= 4 is 11.4 Å². The van der Waals surface area contributed by atoms with Crippen molar-refractivity contribution in [1.82, 2.24) is 0 Å². The zero-order valence-corrected chi connectivity index (χ0v) is 14.9. The zero-order valence-electron chi connectivity index (χ0n) is 14.9. The summed E-state index contributed by atoms with van der Waals surface area (Å²) in [6.45, 7) is 4.04. The van der Waals surface area contributed by atoms with E-state index < -0.39 is 0 Å². The molecule has 0 spiro atoms. The first-order valence-electron chi connectivity index (χ1n) is 9.01. The number of ether oxygens (including phenoxy) is 1. The van der Waals surface area contributed by atoms with E-state index in [4.69, 9.17) is 4.74 Å². The van der Waals surface area contributed by atoms with Crippen molar-refractivity contribution in [3.05, 3.63) is 75.9 Å². The van der Waals surface area contributed by atoms with Crippen LogP contribution in [-0.4, -0.2) is 11.0 Å². The number of benzene rings is 2. The van der Waals surface area contributed by atoms with Crippen LogP contribution in [0.2, 0.25) is 0 Å². The minimum Gasteiger partial charge on any atom is -0.491 e. The highest BCUT2D eigenvalue weighted by Crippen LogP contribution is 2.50. The van der Waals surface area contributed by atoms with Crippen molar-refractivity contribution in [3.63, 3.8) is 0 Å². The highest BCUT2D eigenvalue weighted by Gasteiger charge is 2.38. The Balaban J connectivity index is 1.71. The largest absolute Gasteiger partial charge is 0.491 e.